The van der Waals surface area contributed by atoms with Gasteiger partial charge >= 0.3 is 0 Å². The summed E-state index contributed by atoms with van der Waals surface area (Å²) in [4.78, 5) is 14.8. The number of para-hydroxylation sites is 3. The molecule has 10 aromatic rings. The first-order chi connectivity index (χ1) is 26.9. The van der Waals surface area contributed by atoms with E-state index in [1.165, 1.54) is 6.07 Å². The molecule has 0 spiro atoms. The van der Waals surface area contributed by atoms with Crippen LogP contribution < -0.4 is 0 Å². The lowest BCUT2D eigenvalue weighted by atomic mass is 10.0. The van der Waals surface area contributed by atoms with Gasteiger partial charge in [0.05, 0.1) is 23.5 Å². The van der Waals surface area contributed by atoms with Gasteiger partial charge in [0.1, 0.15) is 11.2 Å². The molecule has 234 valence electrons. The molecule has 0 aliphatic carbocycles. The summed E-state index contributed by atoms with van der Waals surface area (Å²) in [7, 11) is 0. The fraction of sp³-hybridized carbons (Fsp3) is 0. The summed E-state index contributed by atoms with van der Waals surface area (Å²) in [6.45, 7) is 0. The van der Waals surface area contributed by atoms with Crippen LogP contribution in [0.15, 0.2) is 174 Å². The highest BCUT2D eigenvalue weighted by atomic mass is 16.3. The standard InChI is InChI=1S/C45H28N4O/c1-3-13-29(14-4-1)31-17-11-18-32(27-31)44-46-43(30-15-5-2-6-16-30)47-45(48-44)37-22-12-21-36-38-28-33(25-26-41(38)50-42(36)37)49-39-23-9-7-19-34(39)35-20-8-10-24-40(35)49/h1-28H/i12D,21D,25D,26D,28D. The number of nitrogens with zero attached hydrogens (tertiary/aromatic N) is 4. The van der Waals surface area contributed by atoms with Gasteiger partial charge in [-0.15, -0.1) is 0 Å². The van der Waals surface area contributed by atoms with Crippen molar-refractivity contribution in [1.29, 1.82) is 0 Å². The van der Waals surface area contributed by atoms with E-state index in [9.17, 15) is 4.11 Å². The number of aromatic nitrogens is 4. The minimum absolute atomic E-state index is 0.0111. The van der Waals surface area contributed by atoms with Gasteiger partial charge in [-0.2, -0.15) is 0 Å². The van der Waals surface area contributed by atoms with E-state index >= 15 is 0 Å². The first-order valence-corrected chi connectivity index (χ1v) is 16.3. The normalized spacial score (nSPS) is 13.0. The third kappa shape index (κ3) is 4.60. The van der Waals surface area contributed by atoms with Gasteiger partial charge < -0.3 is 8.98 Å². The third-order valence-electron chi connectivity index (χ3n) is 9.04. The van der Waals surface area contributed by atoms with E-state index in [1.807, 2.05) is 138 Å². The van der Waals surface area contributed by atoms with Crippen LogP contribution in [-0.4, -0.2) is 19.5 Å². The van der Waals surface area contributed by atoms with E-state index in [4.69, 9.17) is 22.1 Å². The Labute approximate surface area is 294 Å². The average Bonchev–Trinajstić information content (AvgIpc) is 3.80. The van der Waals surface area contributed by atoms with E-state index in [2.05, 4.69) is 0 Å². The monoisotopic (exact) mass is 645 g/mol. The molecule has 0 unspecified atom stereocenters. The lowest BCUT2D eigenvalue weighted by Gasteiger charge is -2.10. The molecule has 7 aromatic carbocycles. The molecule has 0 N–H and O–H groups in total. The molecule has 0 radical (unpaired) electrons. The van der Waals surface area contributed by atoms with Crippen LogP contribution in [0.4, 0.5) is 0 Å². The van der Waals surface area contributed by atoms with E-state index in [1.54, 1.807) is 0 Å². The van der Waals surface area contributed by atoms with Crippen LogP contribution in [-0.2, 0) is 0 Å². The molecule has 0 saturated heterocycles. The first kappa shape index (κ1) is 23.5. The van der Waals surface area contributed by atoms with Crippen LogP contribution in [0.25, 0.3) is 94.7 Å². The van der Waals surface area contributed by atoms with Crippen molar-refractivity contribution in [3.05, 3.63) is 170 Å². The second-order valence-corrected chi connectivity index (χ2v) is 12.1. The molecule has 5 nitrogen and oxygen atoms in total. The molecular formula is C45H28N4O. The second-order valence-electron chi connectivity index (χ2n) is 12.1. The fourth-order valence-corrected chi connectivity index (χ4v) is 6.71. The minimum atomic E-state index is -0.227. The molecule has 0 bridgehead atoms. The summed E-state index contributed by atoms with van der Waals surface area (Å²) in [6.07, 6.45) is 0. The van der Waals surface area contributed by atoms with Crippen molar-refractivity contribution >= 4 is 43.7 Å². The Morgan fingerprint density at radius 2 is 1.08 bits per heavy atom. The zero-order chi connectivity index (χ0) is 37.4. The summed E-state index contributed by atoms with van der Waals surface area (Å²) in [5.41, 5.74) is 5.77. The predicted molar refractivity (Wildman–Crippen MR) is 203 cm³/mol. The molecule has 0 atom stereocenters. The van der Waals surface area contributed by atoms with Crippen LogP contribution in [0.2, 0.25) is 0 Å². The minimum Gasteiger partial charge on any atom is -0.455 e. The lowest BCUT2D eigenvalue weighted by Crippen LogP contribution is -2.00. The maximum absolute atomic E-state index is 9.66. The molecular weight excluding hydrogens is 613 g/mol. The largest absolute Gasteiger partial charge is 0.455 e. The van der Waals surface area contributed by atoms with Crippen molar-refractivity contribution in [3.63, 3.8) is 0 Å². The Morgan fingerprint density at radius 3 is 1.82 bits per heavy atom. The van der Waals surface area contributed by atoms with Crippen LogP contribution in [0.3, 0.4) is 0 Å². The van der Waals surface area contributed by atoms with Gasteiger partial charge in [0.2, 0.25) is 0 Å². The van der Waals surface area contributed by atoms with Crippen LogP contribution >= 0.6 is 0 Å². The summed E-state index contributed by atoms with van der Waals surface area (Å²) >= 11 is 0. The average molecular weight is 646 g/mol. The first-order valence-electron chi connectivity index (χ1n) is 18.8. The van der Waals surface area contributed by atoms with Gasteiger partial charge in [-0.05, 0) is 53.5 Å². The Balaban J connectivity index is 1.25. The second kappa shape index (κ2) is 11.4. The molecule has 10 rings (SSSR count). The lowest BCUT2D eigenvalue weighted by molar-refractivity contribution is 0.669. The number of fused-ring (bicyclic) bond motifs is 6. The van der Waals surface area contributed by atoms with Crippen molar-refractivity contribution in [1.82, 2.24) is 19.5 Å². The highest BCUT2D eigenvalue weighted by Crippen LogP contribution is 2.39. The zero-order valence-corrected chi connectivity index (χ0v) is 26.5. The maximum atomic E-state index is 9.66. The molecule has 0 aliphatic heterocycles. The van der Waals surface area contributed by atoms with Gasteiger partial charge in [-0.3, -0.25) is 0 Å². The Bertz CT molecular complexity index is 3110. The summed E-state index contributed by atoms with van der Waals surface area (Å²) in [6, 6.07) is 43.8. The summed E-state index contributed by atoms with van der Waals surface area (Å²) < 4.78 is 54.6. The quantitative estimate of drug-likeness (QED) is 0.187. The highest BCUT2D eigenvalue weighted by molar-refractivity contribution is 6.12. The number of hydrogen-bond donors (Lipinski definition) is 0. The Kier molecular flexibility index (Phi) is 5.35. The Hall–Kier alpha value is -6.85. The van der Waals surface area contributed by atoms with Crippen molar-refractivity contribution < 1.29 is 11.3 Å². The topological polar surface area (TPSA) is 56.7 Å². The van der Waals surface area contributed by atoms with E-state index in [0.29, 0.717) is 17.2 Å². The molecule has 0 fully saturated rings. The number of furan rings is 1. The van der Waals surface area contributed by atoms with Crippen molar-refractivity contribution in [2.45, 2.75) is 0 Å². The fourth-order valence-electron chi connectivity index (χ4n) is 6.71. The van der Waals surface area contributed by atoms with Gasteiger partial charge in [0.15, 0.2) is 17.5 Å². The number of rotatable bonds is 5. The van der Waals surface area contributed by atoms with Crippen molar-refractivity contribution in [3.8, 4) is 51.0 Å². The third-order valence-corrected chi connectivity index (χ3v) is 9.04. The molecule has 50 heavy (non-hydrogen) atoms. The number of benzene rings is 7. The van der Waals surface area contributed by atoms with Crippen LogP contribution in [0.1, 0.15) is 6.85 Å². The van der Waals surface area contributed by atoms with Crippen molar-refractivity contribution in [2.24, 2.45) is 0 Å². The zero-order valence-electron chi connectivity index (χ0n) is 31.5. The molecule has 0 saturated carbocycles. The van der Waals surface area contributed by atoms with Gasteiger partial charge in [-0.1, -0.05) is 127 Å². The highest BCUT2D eigenvalue weighted by Gasteiger charge is 2.19. The van der Waals surface area contributed by atoms with E-state index < -0.39 is 0 Å². The molecule has 5 heteroatoms. The smallest absolute Gasteiger partial charge is 0.167 e. The SMILES string of the molecule is [2H]c1cc(-c2nc(-c3ccccc3)nc(-c3cccc(-c4ccccc4)c3)n2)c2oc3c([2H])c([2H])c(-n4c5ccccc5c5ccccc54)c([2H])c3c2c1[2H]. The Morgan fingerprint density at radius 1 is 0.480 bits per heavy atom. The van der Waals surface area contributed by atoms with E-state index in [-0.39, 0.29) is 63.7 Å². The predicted octanol–water partition coefficient (Wildman–Crippen LogP) is 11.5. The summed E-state index contributed by atoms with van der Waals surface area (Å²) in [5.74, 6) is 1.01. The molecule has 0 aliphatic rings. The summed E-state index contributed by atoms with van der Waals surface area (Å²) in [5, 5.41) is 2.27. The van der Waals surface area contributed by atoms with E-state index in [0.717, 1.165) is 44.1 Å². The molecule has 3 aromatic heterocycles. The van der Waals surface area contributed by atoms with Crippen molar-refractivity contribution in [2.75, 3.05) is 0 Å². The molecule has 3 heterocycles. The van der Waals surface area contributed by atoms with Gasteiger partial charge in [-0.25, -0.2) is 15.0 Å². The van der Waals surface area contributed by atoms with Gasteiger partial charge in [0.25, 0.3) is 0 Å². The van der Waals surface area contributed by atoms with Crippen LogP contribution in [0.5, 0.6) is 0 Å². The number of hydrogen-bond acceptors (Lipinski definition) is 4. The molecule has 0 amide bonds. The van der Waals surface area contributed by atoms with Crippen LogP contribution in [0, 0.1) is 0 Å². The maximum Gasteiger partial charge on any atom is 0.167 e. The van der Waals surface area contributed by atoms with Gasteiger partial charge in [0, 0.05) is 38.4 Å².